The zero-order chi connectivity index (χ0) is 16.7. The van der Waals surface area contributed by atoms with E-state index >= 15 is 0 Å². The molecule has 0 saturated carbocycles. The van der Waals surface area contributed by atoms with Gasteiger partial charge in [-0.25, -0.2) is 9.97 Å². The second-order valence-corrected chi connectivity index (χ2v) is 5.80. The summed E-state index contributed by atoms with van der Waals surface area (Å²) in [7, 11) is 0. The molecule has 1 unspecified atom stereocenters. The van der Waals surface area contributed by atoms with Crippen molar-refractivity contribution in [2.45, 2.75) is 25.7 Å². The first-order valence-corrected chi connectivity index (χ1v) is 7.64. The number of aliphatic hydroxyl groups is 2. The van der Waals surface area contributed by atoms with E-state index in [0.29, 0.717) is 36.8 Å². The van der Waals surface area contributed by atoms with Crippen molar-refractivity contribution in [3.05, 3.63) is 45.9 Å². The normalized spacial score (nSPS) is 16.4. The van der Waals surface area contributed by atoms with Crippen molar-refractivity contribution >= 4 is 5.78 Å². The second-order valence-electron chi connectivity index (χ2n) is 5.80. The van der Waals surface area contributed by atoms with Crippen LogP contribution in [0.25, 0.3) is 5.78 Å². The van der Waals surface area contributed by atoms with Crippen molar-refractivity contribution in [2.75, 3.05) is 13.2 Å². The average molecular weight is 331 g/mol. The Hall–Kier alpha value is -2.56. The number of hydrogen-bond donors (Lipinski definition) is 3. The molecular weight excluding hydrogens is 314 g/mol. The van der Waals surface area contributed by atoms with Gasteiger partial charge in [-0.3, -0.25) is 19.5 Å². The summed E-state index contributed by atoms with van der Waals surface area (Å²) in [5.74, 6) is 0.355. The molecule has 10 heteroatoms. The van der Waals surface area contributed by atoms with Gasteiger partial charge in [-0.05, 0) is 6.07 Å². The Balaban J connectivity index is 1.53. The highest BCUT2D eigenvalue weighted by Crippen LogP contribution is 2.19. The fourth-order valence-electron chi connectivity index (χ4n) is 2.91. The van der Waals surface area contributed by atoms with Gasteiger partial charge < -0.3 is 10.2 Å². The number of aromatic nitrogens is 6. The van der Waals surface area contributed by atoms with Crippen LogP contribution in [0, 0.1) is 0 Å². The molecule has 4 heterocycles. The van der Waals surface area contributed by atoms with E-state index in [2.05, 4.69) is 25.1 Å². The fourth-order valence-corrected chi connectivity index (χ4v) is 2.91. The fraction of sp³-hybridized carbons (Fsp3) is 0.429. The topological polar surface area (TPSA) is 125 Å². The number of fused-ring (bicyclic) bond motifs is 2. The highest BCUT2D eigenvalue weighted by Gasteiger charge is 2.21. The van der Waals surface area contributed by atoms with Gasteiger partial charge in [-0.2, -0.15) is 9.61 Å². The van der Waals surface area contributed by atoms with Gasteiger partial charge in [0.25, 0.3) is 11.3 Å². The number of nitrogens with zero attached hydrogens (tertiary/aromatic N) is 6. The molecule has 1 atom stereocenters. The molecule has 3 N–H and O–H groups in total. The van der Waals surface area contributed by atoms with Crippen molar-refractivity contribution in [3.63, 3.8) is 0 Å². The molecule has 4 rings (SSSR count). The predicted molar refractivity (Wildman–Crippen MR) is 82.0 cm³/mol. The quantitative estimate of drug-likeness (QED) is 0.540. The van der Waals surface area contributed by atoms with Crippen LogP contribution in [-0.4, -0.2) is 57.6 Å². The third-order valence-electron chi connectivity index (χ3n) is 4.12. The van der Waals surface area contributed by atoms with Gasteiger partial charge in [-0.15, -0.1) is 0 Å². The maximum Gasteiger partial charge on any atom is 0.274 e. The summed E-state index contributed by atoms with van der Waals surface area (Å²) >= 11 is 0. The molecule has 10 nitrogen and oxygen atoms in total. The summed E-state index contributed by atoms with van der Waals surface area (Å²) in [6.45, 7) is 2.24. The van der Waals surface area contributed by atoms with E-state index in [0.717, 1.165) is 12.2 Å². The van der Waals surface area contributed by atoms with Crippen molar-refractivity contribution < 1.29 is 10.2 Å². The molecule has 0 bridgehead atoms. The first-order valence-electron chi connectivity index (χ1n) is 7.64. The number of nitrogens with one attached hydrogen (secondary N) is 1. The van der Waals surface area contributed by atoms with Gasteiger partial charge in [0, 0.05) is 25.7 Å². The zero-order valence-corrected chi connectivity index (χ0v) is 12.8. The molecular formula is C14H17N7O3. The highest BCUT2D eigenvalue weighted by atomic mass is 16.3. The number of rotatable bonds is 4. The minimum absolute atomic E-state index is 0.192. The monoisotopic (exact) mass is 331 g/mol. The maximum absolute atomic E-state index is 12.0. The standard InChI is InChI=1S/C14H17N7O3/c22-7-12(23)11-4-10-6-19(1-2-20(10)18-11)5-9-3-13(24)21-14(17-9)15-8-16-21/h3-4,8,12,22-23H,1-2,5-7H2,(H,15,16,17). The summed E-state index contributed by atoms with van der Waals surface area (Å²) in [4.78, 5) is 22.5. The average Bonchev–Trinajstić information content (AvgIpc) is 3.20. The molecule has 0 amide bonds. The Bertz CT molecular complexity index is 928. The summed E-state index contributed by atoms with van der Waals surface area (Å²) in [6.07, 6.45) is 0.473. The Morgan fingerprint density at radius 2 is 2.21 bits per heavy atom. The number of aliphatic hydroxyl groups excluding tert-OH is 2. The van der Waals surface area contributed by atoms with Crippen LogP contribution in [0.4, 0.5) is 0 Å². The Morgan fingerprint density at radius 3 is 3.04 bits per heavy atom. The molecule has 0 aliphatic carbocycles. The van der Waals surface area contributed by atoms with Crippen LogP contribution >= 0.6 is 0 Å². The Kier molecular flexibility index (Phi) is 3.63. The van der Waals surface area contributed by atoms with Gasteiger partial charge in [-0.1, -0.05) is 0 Å². The van der Waals surface area contributed by atoms with Crippen LogP contribution in [0.3, 0.4) is 0 Å². The lowest BCUT2D eigenvalue weighted by molar-refractivity contribution is 0.0915. The Labute approximate surface area is 136 Å². The van der Waals surface area contributed by atoms with Crippen molar-refractivity contribution in [3.8, 4) is 0 Å². The van der Waals surface area contributed by atoms with Crippen molar-refractivity contribution in [1.29, 1.82) is 0 Å². The van der Waals surface area contributed by atoms with Crippen molar-refractivity contribution in [2.24, 2.45) is 0 Å². The van der Waals surface area contributed by atoms with Crippen LogP contribution in [-0.2, 0) is 19.6 Å². The van der Waals surface area contributed by atoms with Gasteiger partial charge in [0.15, 0.2) is 0 Å². The lowest BCUT2D eigenvalue weighted by atomic mass is 10.2. The summed E-state index contributed by atoms with van der Waals surface area (Å²) in [5.41, 5.74) is 1.91. The van der Waals surface area contributed by atoms with E-state index in [-0.39, 0.29) is 12.2 Å². The van der Waals surface area contributed by atoms with Gasteiger partial charge in [0.1, 0.15) is 12.4 Å². The van der Waals surface area contributed by atoms with Crippen LogP contribution in [0.15, 0.2) is 23.3 Å². The molecule has 3 aromatic rings. The highest BCUT2D eigenvalue weighted by molar-refractivity contribution is 5.26. The van der Waals surface area contributed by atoms with Gasteiger partial charge in [0.05, 0.1) is 30.2 Å². The van der Waals surface area contributed by atoms with E-state index in [1.54, 1.807) is 6.07 Å². The minimum Gasteiger partial charge on any atom is -0.393 e. The molecule has 24 heavy (non-hydrogen) atoms. The molecule has 0 radical (unpaired) electrons. The molecule has 1 aliphatic rings. The SMILES string of the molecule is O=c1cc(CN2CCn3nc(C(O)CO)cc3C2)nc2nc[nH]n12. The minimum atomic E-state index is -0.958. The molecule has 3 aromatic heterocycles. The third-order valence-corrected chi connectivity index (χ3v) is 4.12. The zero-order valence-electron chi connectivity index (χ0n) is 12.8. The van der Waals surface area contributed by atoms with Crippen LogP contribution in [0.1, 0.15) is 23.2 Å². The molecule has 0 fully saturated rings. The molecule has 126 valence electrons. The molecule has 0 saturated heterocycles. The lowest BCUT2D eigenvalue weighted by Gasteiger charge is -2.26. The molecule has 1 aliphatic heterocycles. The first kappa shape index (κ1) is 15.0. The largest absolute Gasteiger partial charge is 0.393 e. The first-order chi connectivity index (χ1) is 11.6. The number of H-pyrrole nitrogens is 1. The second kappa shape index (κ2) is 5.82. The van der Waals surface area contributed by atoms with E-state index in [1.165, 1.54) is 16.9 Å². The van der Waals surface area contributed by atoms with Crippen LogP contribution < -0.4 is 5.56 Å². The van der Waals surface area contributed by atoms with E-state index < -0.39 is 6.10 Å². The number of hydrogen-bond acceptors (Lipinski definition) is 7. The van der Waals surface area contributed by atoms with Gasteiger partial charge in [0.2, 0.25) is 0 Å². The molecule has 0 aromatic carbocycles. The molecule has 0 spiro atoms. The third kappa shape index (κ3) is 2.60. The summed E-state index contributed by atoms with van der Waals surface area (Å²) in [6, 6.07) is 3.30. The van der Waals surface area contributed by atoms with E-state index in [4.69, 9.17) is 5.11 Å². The van der Waals surface area contributed by atoms with Crippen LogP contribution in [0.5, 0.6) is 0 Å². The lowest BCUT2D eigenvalue weighted by Crippen LogP contribution is -2.34. The smallest absolute Gasteiger partial charge is 0.274 e. The maximum atomic E-state index is 12.0. The van der Waals surface area contributed by atoms with Crippen LogP contribution in [0.2, 0.25) is 0 Å². The predicted octanol–water partition coefficient (Wildman–Crippen LogP) is -1.34. The number of aromatic amines is 1. The van der Waals surface area contributed by atoms with E-state index in [9.17, 15) is 9.90 Å². The Morgan fingerprint density at radius 1 is 1.33 bits per heavy atom. The summed E-state index contributed by atoms with van der Waals surface area (Å²) < 4.78 is 3.13. The van der Waals surface area contributed by atoms with Gasteiger partial charge >= 0.3 is 0 Å². The van der Waals surface area contributed by atoms with E-state index in [1.807, 2.05) is 4.68 Å². The van der Waals surface area contributed by atoms with Crippen molar-refractivity contribution in [1.82, 2.24) is 34.3 Å². The summed E-state index contributed by atoms with van der Waals surface area (Å²) in [5, 5.41) is 25.7.